The summed E-state index contributed by atoms with van der Waals surface area (Å²) in [6.07, 6.45) is 0.322. The van der Waals surface area contributed by atoms with Gasteiger partial charge in [0.25, 0.3) is 0 Å². The molecule has 0 fully saturated rings. The molecule has 0 aliphatic heterocycles. The highest BCUT2D eigenvalue weighted by molar-refractivity contribution is 5.75. The number of aliphatic hydroxyl groups is 1. The number of hydrogen-bond acceptors (Lipinski definition) is 3. The standard InChI is InChI=1S/C16H24O3/c1-12(9-16(18)10-13(2)17)14(3)19-11-15-7-5-4-6-8-15/h4-8,12,14,16,18H,9-11H2,1-3H3/t12-,14-,16?/m1/s1. The Labute approximate surface area is 115 Å². The van der Waals surface area contributed by atoms with Crippen LogP contribution < -0.4 is 0 Å². The molecule has 19 heavy (non-hydrogen) atoms. The lowest BCUT2D eigenvalue weighted by molar-refractivity contribution is -0.119. The molecule has 1 aromatic carbocycles. The summed E-state index contributed by atoms with van der Waals surface area (Å²) in [4.78, 5) is 10.9. The highest BCUT2D eigenvalue weighted by atomic mass is 16.5. The van der Waals surface area contributed by atoms with Gasteiger partial charge in [-0.25, -0.2) is 0 Å². The van der Waals surface area contributed by atoms with Crippen LogP contribution in [0.25, 0.3) is 0 Å². The second kappa shape index (κ2) is 8.08. The van der Waals surface area contributed by atoms with E-state index in [0.29, 0.717) is 13.0 Å². The SMILES string of the molecule is CC(=O)CC(O)C[C@@H](C)[C@@H](C)OCc1ccccc1. The van der Waals surface area contributed by atoms with Crippen molar-refractivity contribution in [3.63, 3.8) is 0 Å². The fourth-order valence-corrected chi connectivity index (χ4v) is 2.00. The van der Waals surface area contributed by atoms with Crippen molar-refractivity contribution in [2.45, 2.75) is 52.4 Å². The first-order chi connectivity index (χ1) is 8.99. The van der Waals surface area contributed by atoms with Crippen molar-refractivity contribution >= 4 is 5.78 Å². The molecule has 0 bridgehead atoms. The number of Topliss-reactive ketones (excluding diaryl/α,β-unsaturated/α-hetero) is 1. The highest BCUT2D eigenvalue weighted by Crippen LogP contribution is 2.17. The Bertz CT molecular complexity index is 375. The predicted molar refractivity (Wildman–Crippen MR) is 75.8 cm³/mol. The quantitative estimate of drug-likeness (QED) is 0.785. The molecule has 0 aromatic heterocycles. The Morgan fingerprint density at radius 2 is 1.89 bits per heavy atom. The molecule has 3 nitrogen and oxygen atoms in total. The minimum absolute atomic E-state index is 0.0255. The van der Waals surface area contributed by atoms with Gasteiger partial charge in [0, 0.05) is 6.42 Å². The van der Waals surface area contributed by atoms with Crippen molar-refractivity contribution in [3.8, 4) is 0 Å². The molecule has 0 saturated carbocycles. The summed E-state index contributed by atoms with van der Waals surface area (Å²) in [5.74, 6) is 0.246. The molecule has 0 radical (unpaired) electrons. The smallest absolute Gasteiger partial charge is 0.132 e. The van der Waals surface area contributed by atoms with E-state index in [9.17, 15) is 9.90 Å². The molecule has 1 N–H and O–H groups in total. The van der Waals surface area contributed by atoms with E-state index >= 15 is 0 Å². The van der Waals surface area contributed by atoms with Crippen molar-refractivity contribution in [1.29, 1.82) is 0 Å². The van der Waals surface area contributed by atoms with Gasteiger partial charge in [-0.2, -0.15) is 0 Å². The molecule has 1 aromatic rings. The van der Waals surface area contributed by atoms with E-state index in [1.54, 1.807) is 0 Å². The minimum atomic E-state index is -0.560. The Kier molecular flexibility index (Phi) is 6.74. The second-order valence-electron chi connectivity index (χ2n) is 5.27. The van der Waals surface area contributed by atoms with Gasteiger partial charge in [0.1, 0.15) is 5.78 Å². The molecule has 0 aliphatic rings. The van der Waals surface area contributed by atoms with Crippen LogP contribution in [0.4, 0.5) is 0 Å². The lowest BCUT2D eigenvalue weighted by atomic mass is 9.96. The number of carbonyl (C=O) groups is 1. The fraction of sp³-hybridized carbons (Fsp3) is 0.562. The number of aliphatic hydroxyl groups excluding tert-OH is 1. The molecule has 0 heterocycles. The first-order valence-corrected chi connectivity index (χ1v) is 6.82. The topological polar surface area (TPSA) is 46.5 Å². The summed E-state index contributed by atoms with van der Waals surface area (Å²) in [6.45, 7) is 6.13. The number of benzene rings is 1. The summed E-state index contributed by atoms with van der Waals surface area (Å²) in [5, 5.41) is 9.75. The molecular formula is C16H24O3. The predicted octanol–water partition coefficient (Wildman–Crippen LogP) is 2.96. The first kappa shape index (κ1) is 15.9. The van der Waals surface area contributed by atoms with Crippen molar-refractivity contribution in [2.24, 2.45) is 5.92 Å². The molecular weight excluding hydrogens is 240 g/mol. The number of hydrogen-bond donors (Lipinski definition) is 1. The zero-order chi connectivity index (χ0) is 14.3. The van der Waals surface area contributed by atoms with Crippen LogP contribution in [0.15, 0.2) is 30.3 Å². The van der Waals surface area contributed by atoms with E-state index in [1.165, 1.54) is 6.92 Å². The second-order valence-corrected chi connectivity index (χ2v) is 5.27. The van der Waals surface area contributed by atoms with Gasteiger partial charge in [0.2, 0.25) is 0 Å². The summed E-state index contributed by atoms with van der Waals surface area (Å²) >= 11 is 0. The van der Waals surface area contributed by atoms with Gasteiger partial charge >= 0.3 is 0 Å². The summed E-state index contributed by atoms with van der Waals surface area (Å²) in [5.41, 5.74) is 1.14. The lowest BCUT2D eigenvalue weighted by Crippen LogP contribution is -2.24. The molecule has 1 rings (SSSR count). The van der Waals surface area contributed by atoms with Crippen molar-refractivity contribution in [2.75, 3.05) is 0 Å². The number of ketones is 1. The summed E-state index contributed by atoms with van der Waals surface area (Å²) in [7, 11) is 0. The van der Waals surface area contributed by atoms with Crippen LogP contribution in [0.1, 0.15) is 39.2 Å². The van der Waals surface area contributed by atoms with Crippen molar-refractivity contribution in [1.82, 2.24) is 0 Å². The molecule has 3 heteroatoms. The van der Waals surface area contributed by atoms with Crippen molar-refractivity contribution < 1.29 is 14.6 Å². The van der Waals surface area contributed by atoms with Crippen LogP contribution in [0.5, 0.6) is 0 Å². The third-order valence-corrected chi connectivity index (χ3v) is 3.32. The van der Waals surface area contributed by atoms with E-state index in [1.807, 2.05) is 44.2 Å². The van der Waals surface area contributed by atoms with Crippen LogP contribution in [-0.2, 0) is 16.1 Å². The molecule has 0 amide bonds. The summed E-state index contributed by atoms with van der Waals surface area (Å²) < 4.78 is 5.80. The normalized spacial score (nSPS) is 15.8. The monoisotopic (exact) mass is 264 g/mol. The fourth-order valence-electron chi connectivity index (χ4n) is 2.00. The number of carbonyl (C=O) groups excluding carboxylic acids is 1. The zero-order valence-electron chi connectivity index (χ0n) is 12.0. The van der Waals surface area contributed by atoms with E-state index in [-0.39, 0.29) is 24.2 Å². The third-order valence-electron chi connectivity index (χ3n) is 3.32. The Morgan fingerprint density at radius 1 is 1.26 bits per heavy atom. The summed E-state index contributed by atoms with van der Waals surface area (Å²) in [6, 6.07) is 10.0. The van der Waals surface area contributed by atoms with Crippen LogP contribution >= 0.6 is 0 Å². The highest BCUT2D eigenvalue weighted by Gasteiger charge is 2.18. The van der Waals surface area contributed by atoms with E-state index in [2.05, 4.69) is 0 Å². The third kappa shape index (κ3) is 6.50. The lowest BCUT2D eigenvalue weighted by Gasteiger charge is -2.22. The number of rotatable bonds is 8. The van der Waals surface area contributed by atoms with Gasteiger partial charge in [-0.3, -0.25) is 4.79 Å². The molecule has 106 valence electrons. The van der Waals surface area contributed by atoms with E-state index in [4.69, 9.17) is 4.74 Å². The van der Waals surface area contributed by atoms with Gasteiger partial charge in [-0.15, -0.1) is 0 Å². The van der Waals surface area contributed by atoms with E-state index < -0.39 is 6.10 Å². The molecule has 1 unspecified atom stereocenters. The van der Waals surface area contributed by atoms with Gasteiger partial charge in [-0.05, 0) is 31.7 Å². The van der Waals surface area contributed by atoms with Crippen LogP contribution in [0.2, 0.25) is 0 Å². The first-order valence-electron chi connectivity index (χ1n) is 6.82. The van der Waals surface area contributed by atoms with Crippen LogP contribution in [-0.4, -0.2) is 23.1 Å². The van der Waals surface area contributed by atoms with Gasteiger partial charge in [-0.1, -0.05) is 37.3 Å². The zero-order valence-corrected chi connectivity index (χ0v) is 12.0. The largest absolute Gasteiger partial charge is 0.393 e. The molecule has 0 aliphatic carbocycles. The number of ether oxygens (including phenoxy) is 1. The molecule has 3 atom stereocenters. The molecule has 0 spiro atoms. The van der Waals surface area contributed by atoms with Crippen LogP contribution in [0, 0.1) is 5.92 Å². The minimum Gasteiger partial charge on any atom is -0.393 e. The van der Waals surface area contributed by atoms with E-state index in [0.717, 1.165) is 5.56 Å². The Balaban J connectivity index is 2.32. The molecule has 0 saturated heterocycles. The van der Waals surface area contributed by atoms with Crippen LogP contribution in [0.3, 0.4) is 0 Å². The van der Waals surface area contributed by atoms with Gasteiger partial charge in [0.15, 0.2) is 0 Å². The van der Waals surface area contributed by atoms with Crippen molar-refractivity contribution in [3.05, 3.63) is 35.9 Å². The maximum atomic E-state index is 10.9. The Morgan fingerprint density at radius 3 is 2.47 bits per heavy atom. The van der Waals surface area contributed by atoms with Gasteiger partial charge in [0.05, 0.1) is 18.8 Å². The maximum absolute atomic E-state index is 10.9. The van der Waals surface area contributed by atoms with Gasteiger partial charge < -0.3 is 9.84 Å². The maximum Gasteiger partial charge on any atom is 0.132 e. The average Bonchev–Trinajstić information content (AvgIpc) is 2.36. The average molecular weight is 264 g/mol. The Hall–Kier alpha value is -1.19.